The Hall–Kier alpha value is -2.15. The molecule has 2 amide bonds. The zero-order valence-electron chi connectivity index (χ0n) is 11.5. The van der Waals surface area contributed by atoms with Crippen LogP contribution < -0.4 is 5.32 Å². The Kier molecular flexibility index (Phi) is 4.42. The Morgan fingerprint density at radius 1 is 1.48 bits per heavy atom. The van der Waals surface area contributed by atoms with Gasteiger partial charge >= 0.3 is 12.0 Å². The van der Waals surface area contributed by atoms with Crippen molar-refractivity contribution in [1.29, 1.82) is 0 Å². The molecule has 0 radical (unpaired) electrons. The number of nitrogens with zero attached hydrogens (tertiary/aromatic N) is 1. The van der Waals surface area contributed by atoms with Gasteiger partial charge in [-0.1, -0.05) is 6.92 Å². The number of halogens is 1. The number of benzene rings is 1. The summed E-state index contributed by atoms with van der Waals surface area (Å²) in [7, 11) is 0. The summed E-state index contributed by atoms with van der Waals surface area (Å²) < 4.78 is 13.1. The van der Waals surface area contributed by atoms with E-state index in [1.165, 1.54) is 11.0 Å². The summed E-state index contributed by atoms with van der Waals surface area (Å²) in [5, 5.41) is 20.8. The second-order valence-corrected chi connectivity index (χ2v) is 5.13. The van der Waals surface area contributed by atoms with Crippen molar-refractivity contribution in [3.8, 4) is 0 Å². The number of hydrogen-bond acceptors (Lipinski definition) is 3. The van der Waals surface area contributed by atoms with Crippen molar-refractivity contribution < 1.29 is 24.2 Å². The van der Waals surface area contributed by atoms with E-state index in [0.29, 0.717) is 6.54 Å². The maximum Gasteiger partial charge on any atom is 0.337 e. The minimum Gasteiger partial charge on any atom is -0.478 e. The average Bonchev–Trinajstić information content (AvgIpc) is 2.81. The number of carboxylic acid groups (broad SMARTS) is 1. The SMILES string of the molecule is CC1CCN(C(=O)Nc2ccc(F)cc2C(=O)O)C1CO. The van der Waals surface area contributed by atoms with Crippen LogP contribution in [-0.4, -0.2) is 46.3 Å². The van der Waals surface area contributed by atoms with Crippen LogP contribution in [0.3, 0.4) is 0 Å². The third kappa shape index (κ3) is 3.13. The molecule has 1 saturated heterocycles. The van der Waals surface area contributed by atoms with Crippen LogP contribution in [0, 0.1) is 11.7 Å². The number of nitrogens with one attached hydrogen (secondary N) is 1. The van der Waals surface area contributed by atoms with Gasteiger partial charge in [-0.2, -0.15) is 0 Å². The summed E-state index contributed by atoms with van der Waals surface area (Å²) in [4.78, 5) is 24.8. The van der Waals surface area contributed by atoms with Gasteiger partial charge in [0.1, 0.15) is 5.82 Å². The number of amides is 2. The zero-order chi connectivity index (χ0) is 15.6. The standard InChI is InChI=1S/C14H17FN2O4/c1-8-4-5-17(12(8)7-18)14(21)16-11-3-2-9(15)6-10(11)13(19)20/h2-3,6,8,12,18H,4-5,7H2,1H3,(H,16,21)(H,19,20). The van der Waals surface area contributed by atoms with Gasteiger partial charge in [-0.15, -0.1) is 0 Å². The van der Waals surface area contributed by atoms with E-state index in [-0.39, 0.29) is 29.8 Å². The summed E-state index contributed by atoms with van der Waals surface area (Å²) in [6.45, 7) is 2.28. The fourth-order valence-corrected chi connectivity index (χ4v) is 2.53. The van der Waals surface area contributed by atoms with Crippen molar-refractivity contribution in [1.82, 2.24) is 4.90 Å². The highest BCUT2D eigenvalue weighted by molar-refractivity contribution is 6.00. The van der Waals surface area contributed by atoms with Crippen molar-refractivity contribution in [2.24, 2.45) is 5.92 Å². The van der Waals surface area contributed by atoms with Gasteiger partial charge in [0.2, 0.25) is 0 Å². The molecule has 1 heterocycles. The Bertz CT molecular complexity index is 564. The third-order valence-corrected chi connectivity index (χ3v) is 3.78. The van der Waals surface area contributed by atoms with E-state index in [1.807, 2.05) is 6.92 Å². The van der Waals surface area contributed by atoms with Gasteiger partial charge in [0.15, 0.2) is 0 Å². The molecule has 0 aliphatic carbocycles. The van der Waals surface area contributed by atoms with E-state index < -0.39 is 17.8 Å². The maximum absolute atomic E-state index is 13.1. The molecule has 1 aromatic rings. The molecular weight excluding hydrogens is 279 g/mol. The summed E-state index contributed by atoms with van der Waals surface area (Å²) in [5.41, 5.74) is -0.277. The molecule has 3 N–H and O–H groups in total. The fraction of sp³-hybridized carbons (Fsp3) is 0.429. The van der Waals surface area contributed by atoms with E-state index in [0.717, 1.165) is 18.6 Å². The highest BCUT2D eigenvalue weighted by Crippen LogP contribution is 2.25. The molecule has 2 atom stereocenters. The van der Waals surface area contributed by atoms with Crippen molar-refractivity contribution in [3.05, 3.63) is 29.6 Å². The van der Waals surface area contributed by atoms with Crippen LogP contribution in [0.25, 0.3) is 0 Å². The minimum atomic E-state index is -1.32. The van der Waals surface area contributed by atoms with Gasteiger partial charge in [-0.25, -0.2) is 14.0 Å². The number of carbonyl (C=O) groups excluding carboxylic acids is 1. The molecule has 2 rings (SSSR count). The van der Waals surface area contributed by atoms with E-state index in [9.17, 15) is 19.1 Å². The second-order valence-electron chi connectivity index (χ2n) is 5.13. The van der Waals surface area contributed by atoms with E-state index in [2.05, 4.69) is 5.32 Å². The molecule has 2 unspecified atom stereocenters. The molecule has 1 aliphatic heterocycles. The minimum absolute atomic E-state index is 0.0325. The van der Waals surface area contributed by atoms with Gasteiger partial charge < -0.3 is 20.4 Å². The van der Waals surface area contributed by atoms with Crippen LogP contribution in [-0.2, 0) is 0 Å². The molecule has 6 nitrogen and oxygen atoms in total. The van der Waals surface area contributed by atoms with Crippen molar-refractivity contribution >= 4 is 17.7 Å². The van der Waals surface area contributed by atoms with Gasteiger partial charge in [0, 0.05) is 6.54 Å². The Morgan fingerprint density at radius 2 is 2.19 bits per heavy atom. The van der Waals surface area contributed by atoms with Crippen molar-refractivity contribution in [3.63, 3.8) is 0 Å². The lowest BCUT2D eigenvalue weighted by Crippen LogP contribution is -2.42. The van der Waals surface area contributed by atoms with Crippen molar-refractivity contribution in [2.45, 2.75) is 19.4 Å². The maximum atomic E-state index is 13.1. The quantitative estimate of drug-likeness (QED) is 0.792. The van der Waals surface area contributed by atoms with Gasteiger partial charge in [-0.3, -0.25) is 0 Å². The first kappa shape index (κ1) is 15.2. The topological polar surface area (TPSA) is 89.9 Å². The van der Waals surface area contributed by atoms with Crippen LogP contribution in [0.2, 0.25) is 0 Å². The number of likely N-dealkylation sites (tertiary alicyclic amines) is 1. The third-order valence-electron chi connectivity index (χ3n) is 3.78. The molecular formula is C14H17FN2O4. The molecule has 1 aliphatic rings. The van der Waals surface area contributed by atoms with Crippen LogP contribution >= 0.6 is 0 Å². The Morgan fingerprint density at radius 3 is 2.81 bits per heavy atom. The number of aliphatic hydroxyl groups is 1. The van der Waals surface area contributed by atoms with Crippen LogP contribution in [0.15, 0.2) is 18.2 Å². The first-order chi connectivity index (χ1) is 9.93. The fourth-order valence-electron chi connectivity index (χ4n) is 2.53. The molecule has 0 aromatic heterocycles. The van der Waals surface area contributed by atoms with Gasteiger partial charge in [0.25, 0.3) is 0 Å². The normalized spacial score (nSPS) is 21.4. The smallest absolute Gasteiger partial charge is 0.337 e. The van der Waals surface area contributed by atoms with Crippen LogP contribution in [0.1, 0.15) is 23.7 Å². The lowest BCUT2D eigenvalue weighted by Gasteiger charge is -2.25. The largest absolute Gasteiger partial charge is 0.478 e. The summed E-state index contributed by atoms with van der Waals surface area (Å²) >= 11 is 0. The molecule has 1 fully saturated rings. The molecule has 0 bridgehead atoms. The molecule has 0 saturated carbocycles. The van der Waals surface area contributed by atoms with Crippen LogP contribution in [0.5, 0.6) is 0 Å². The lowest BCUT2D eigenvalue weighted by molar-refractivity contribution is 0.0697. The van der Waals surface area contributed by atoms with E-state index >= 15 is 0 Å². The molecule has 114 valence electrons. The van der Waals surface area contributed by atoms with E-state index in [4.69, 9.17) is 5.11 Å². The van der Waals surface area contributed by atoms with Crippen LogP contribution in [0.4, 0.5) is 14.9 Å². The Labute approximate surface area is 121 Å². The Balaban J connectivity index is 2.18. The average molecular weight is 296 g/mol. The summed E-state index contributed by atoms with van der Waals surface area (Å²) in [5.74, 6) is -1.83. The monoisotopic (exact) mass is 296 g/mol. The number of carbonyl (C=O) groups is 2. The predicted octanol–water partition coefficient (Wildman–Crippen LogP) is 1.76. The number of carboxylic acids is 1. The second kappa shape index (κ2) is 6.09. The molecule has 21 heavy (non-hydrogen) atoms. The highest BCUT2D eigenvalue weighted by atomic mass is 19.1. The number of urea groups is 1. The van der Waals surface area contributed by atoms with E-state index in [1.54, 1.807) is 0 Å². The van der Waals surface area contributed by atoms with Crippen molar-refractivity contribution in [2.75, 3.05) is 18.5 Å². The lowest BCUT2D eigenvalue weighted by atomic mass is 10.0. The number of aliphatic hydroxyl groups excluding tert-OH is 1. The summed E-state index contributed by atoms with van der Waals surface area (Å²) in [6, 6.07) is 2.36. The predicted molar refractivity (Wildman–Crippen MR) is 73.7 cm³/mol. The highest BCUT2D eigenvalue weighted by Gasteiger charge is 2.34. The first-order valence-corrected chi connectivity index (χ1v) is 6.65. The molecule has 0 spiro atoms. The first-order valence-electron chi connectivity index (χ1n) is 6.65. The number of anilines is 1. The van der Waals surface area contributed by atoms with Gasteiger partial charge in [0.05, 0.1) is 23.9 Å². The summed E-state index contributed by atoms with van der Waals surface area (Å²) in [6.07, 6.45) is 0.772. The van der Waals surface area contributed by atoms with Gasteiger partial charge in [-0.05, 0) is 30.5 Å². The molecule has 1 aromatic carbocycles. The zero-order valence-corrected chi connectivity index (χ0v) is 11.5. The molecule has 7 heteroatoms. The number of rotatable bonds is 3. The number of aromatic carboxylic acids is 1. The number of hydrogen-bond donors (Lipinski definition) is 3.